The van der Waals surface area contributed by atoms with Crippen molar-refractivity contribution < 1.29 is 4.79 Å². The quantitative estimate of drug-likeness (QED) is 0.914. The summed E-state index contributed by atoms with van der Waals surface area (Å²) < 4.78 is 1.23. The van der Waals surface area contributed by atoms with Crippen LogP contribution in [0.4, 0.5) is 11.4 Å². The summed E-state index contributed by atoms with van der Waals surface area (Å²) >= 11 is 0. The van der Waals surface area contributed by atoms with E-state index in [1.165, 1.54) is 10.7 Å². The Balaban J connectivity index is 1.67. The Hall–Kier alpha value is -2.63. The first-order chi connectivity index (χ1) is 11.0. The van der Waals surface area contributed by atoms with Gasteiger partial charge in [-0.05, 0) is 43.2 Å². The van der Waals surface area contributed by atoms with Crippen molar-refractivity contribution in [3.05, 3.63) is 52.4 Å². The Kier molecular flexibility index (Phi) is 4.14. The minimum Gasteiger partial charge on any atom is -0.378 e. The van der Waals surface area contributed by atoms with Gasteiger partial charge in [-0.25, -0.2) is 4.68 Å². The van der Waals surface area contributed by atoms with Crippen molar-refractivity contribution in [1.29, 1.82) is 0 Å². The lowest BCUT2D eigenvalue weighted by Gasteiger charge is -2.13. The number of nitrogens with zero attached hydrogens (tertiary/aromatic N) is 3. The number of hydrogen-bond donors (Lipinski definition) is 1. The molecule has 0 saturated heterocycles. The maximum atomic E-state index is 12.1. The number of hydrogen-bond acceptors (Lipinski definition) is 4. The molecule has 1 saturated carbocycles. The molecule has 0 bridgehead atoms. The molecule has 3 rings (SSSR count). The van der Waals surface area contributed by atoms with Gasteiger partial charge in [0, 0.05) is 37.5 Å². The van der Waals surface area contributed by atoms with E-state index in [0.717, 1.165) is 24.2 Å². The van der Waals surface area contributed by atoms with Gasteiger partial charge < -0.3 is 10.2 Å². The normalized spacial score (nSPS) is 13.7. The molecule has 0 spiro atoms. The van der Waals surface area contributed by atoms with E-state index in [2.05, 4.69) is 10.4 Å². The molecule has 0 radical (unpaired) electrons. The Morgan fingerprint density at radius 2 is 1.91 bits per heavy atom. The van der Waals surface area contributed by atoms with Gasteiger partial charge in [-0.3, -0.25) is 9.59 Å². The van der Waals surface area contributed by atoms with E-state index in [4.69, 9.17) is 0 Å². The van der Waals surface area contributed by atoms with Crippen molar-refractivity contribution in [3.63, 3.8) is 0 Å². The molecule has 1 aromatic heterocycles. The van der Waals surface area contributed by atoms with E-state index >= 15 is 0 Å². The molecule has 1 N–H and O–H groups in total. The monoisotopic (exact) mass is 312 g/mol. The lowest BCUT2D eigenvalue weighted by atomic mass is 10.2. The number of carbonyl (C=O) groups is 1. The van der Waals surface area contributed by atoms with Crippen molar-refractivity contribution in [2.24, 2.45) is 0 Å². The van der Waals surface area contributed by atoms with E-state index in [1.807, 2.05) is 43.3 Å². The molecular weight excluding hydrogens is 292 g/mol. The molecule has 1 heterocycles. The summed E-state index contributed by atoms with van der Waals surface area (Å²) in [6.45, 7) is -0.0746. The summed E-state index contributed by atoms with van der Waals surface area (Å²) in [5.41, 5.74) is 2.39. The lowest BCUT2D eigenvalue weighted by Crippen LogP contribution is -2.29. The van der Waals surface area contributed by atoms with Crippen molar-refractivity contribution >= 4 is 17.3 Å². The van der Waals surface area contributed by atoms with E-state index in [0.29, 0.717) is 11.6 Å². The Bertz CT molecular complexity index is 761. The van der Waals surface area contributed by atoms with Gasteiger partial charge in [0.05, 0.1) is 5.69 Å². The summed E-state index contributed by atoms with van der Waals surface area (Å²) in [4.78, 5) is 25.9. The predicted octanol–water partition coefficient (Wildman–Crippen LogP) is 1.83. The van der Waals surface area contributed by atoms with Crippen LogP contribution < -0.4 is 15.8 Å². The van der Waals surface area contributed by atoms with Gasteiger partial charge in [0.1, 0.15) is 6.54 Å². The molecule has 1 fully saturated rings. The van der Waals surface area contributed by atoms with E-state index in [9.17, 15) is 9.59 Å². The van der Waals surface area contributed by atoms with Crippen molar-refractivity contribution in [3.8, 4) is 0 Å². The second-order valence-electron chi connectivity index (χ2n) is 6.02. The topological polar surface area (TPSA) is 67.2 Å². The third-order valence-corrected chi connectivity index (χ3v) is 3.84. The molecule has 1 aliphatic rings. The minimum absolute atomic E-state index is 0.0746. The summed E-state index contributed by atoms with van der Waals surface area (Å²) in [6.07, 6.45) is 2.21. The zero-order chi connectivity index (χ0) is 16.4. The van der Waals surface area contributed by atoms with Crippen molar-refractivity contribution in [2.75, 3.05) is 24.3 Å². The number of nitrogens with one attached hydrogen (secondary N) is 1. The predicted molar refractivity (Wildman–Crippen MR) is 89.9 cm³/mol. The van der Waals surface area contributed by atoms with Crippen LogP contribution in [-0.4, -0.2) is 29.8 Å². The second kappa shape index (κ2) is 6.24. The molecule has 1 aromatic carbocycles. The maximum Gasteiger partial charge on any atom is 0.267 e. The fraction of sp³-hybridized carbons (Fsp3) is 0.353. The van der Waals surface area contributed by atoms with Gasteiger partial charge in [-0.15, -0.1) is 0 Å². The summed E-state index contributed by atoms with van der Waals surface area (Å²) in [6, 6.07) is 10.8. The molecule has 2 aromatic rings. The molecule has 1 aliphatic carbocycles. The fourth-order valence-electron chi connectivity index (χ4n) is 2.35. The Labute approximate surface area is 134 Å². The van der Waals surface area contributed by atoms with Crippen LogP contribution >= 0.6 is 0 Å². The largest absolute Gasteiger partial charge is 0.378 e. The van der Waals surface area contributed by atoms with Gasteiger partial charge in [0.15, 0.2) is 0 Å². The van der Waals surface area contributed by atoms with Gasteiger partial charge in [0.2, 0.25) is 5.91 Å². The highest BCUT2D eigenvalue weighted by Gasteiger charge is 2.25. The van der Waals surface area contributed by atoms with Crippen molar-refractivity contribution in [1.82, 2.24) is 9.78 Å². The molecule has 23 heavy (non-hydrogen) atoms. The summed E-state index contributed by atoms with van der Waals surface area (Å²) in [5.74, 6) is 0.189. The standard InChI is InChI=1S/C17H20N4O2/c1-20(2)14-7-5-13(6-8-14)18-16(22)11-21-17(23)10-9-15(19-21)12-3-4-12/h5-10,12H,3-4,11H2,1-2H3,(H,18,22). The van der Waals surface area contributed by atoms with Crippen LogP contribution in [0.2, 0.25) is 0 Å². The van der Waals surface area contributed by atoms with E-state index < -0.39 is 0 Å². The number of carbonyl (C=O) groups excluding carboxylic acids is 1. The van der Waals surface area contributed by atoms with Gasteiger partial charge in [0.25, 0.3) is 5.56 Å². The van der Waals surface area contributed by atoms with Crippen LogP contribution in [-0.2, 0) is 11.3 Å². The molecule has 0 atom stereocenters. The van der Waals surface area contributed by atoms with E-state index in [1.54, 1.807) is 6.07 Å². The number of benzene rings is 1. The SMILES string of the molecule is CN(C)c1ccc(NC(=O)Cn2nc(C3CC3)ccc2=O)cc1. The molecule has 120 valence electrons. The average Bonchev–Trinajstić information content (AvgIpc) is 3.35. The van der Waals surface area contributed by atoms with Crippen LogP contribution in [0.3, 0.4) is 0 Å². The lowest BCUT2D eigenvalue weighted by molar-refractivity contribution is -0.117. The van der Waals surface area contributed by atoms with E-state index in [-0.39, 0.29) is 18.0 Å². The van der Waals surface area contributed by atoms with Gasteiger partial charge in [-0.2, -0.15) is 5.10 Å². The van der Waals surface area contributed by atoms with Crippen LogP contribution in [0, 0.1) is 0 Å². The second-order valence-corrected chi connectivity index (χ2v) is 6.02. The summed E-state index contributed by atoms with van der Waals surface area (Å²) in [5, 5.41) is 7.08. The summed E-state index contributed by atoms with van der Waals surface area (Å²) in [7, 11) is 3.91. The molecule has 0 unspecified atom stereocenters. The highest BCUT2D eigenvalue weighted by atomic mass is 16.2. The van der Waals surface area contributed by atoms with Crippen LogP contribution in [0.15, 0.2) is 41.2 Å². The highest BCUT2D eigenvalue weighted by Crippen LogP contribution is 2.38. The minimum atomic E-state index is -0.259. The zero-order valence-corrected chi connectivity index (χ0v) is 13.3. The first-order valence-electron chi connectivity index (χ1n) is 7.68. The first-order valence-corrected chi connectivity index (χ1v) is 7.68. The van der Waals surface area contributed by atoms with Crippen LogP contribution in [0.1, 0.15) is 24.5 Å². The third-order valence-electron chi connectivity index (χ3n) is 3.84. The number of amides is 1. The Morgan fingerprint density at radius 3 is 2.52 bits per heavy atom. The van der Waals surface area contributed by atoms with Gasteiger partial charge >= 0.3 is 0 Å². The molecule has 1 amide bonds. The molecular formula is C17H20N4O2. The van der Waals surface area contributed by atoms with Crippen LogP contribution in [0.25, 0.3) is 0 Å². The number of rotatable bonds is 5. The van der Waals surface area contributed by atoms with Gasteiger partial charge in [-0.1, -0.05) is 0 Å². The Morgan fingerprint density at radius 1 is 1.22 bits per heavy atom. The average molecular weight is 312 g/mol. The molecule has 6 nitrogen and oxygen atoms in total. The molecule has 0 aliphatic heterocycles. The highest BCUT2D eigenvalue weighted by molar-refractivity contribution is 5.90. The molecule has 6 heteroatoms. The maximum absolute atomic E-state index is 12.1. The zero-order valence-electron chi connectivity index (χ0n) is 13.3. The number of aromatic nitrogens is 2. The third kappa shape index (κ3) is 3.77. The first kappa shape index (κ1) is 15.3. The number of anilines is 2. The fourth-order valence-corrected chi connectivity index (χ4v) is 2.35. The smallest absolute Gasteiger partial charge is 0.267 e. The van der Waals surface area contributed by atoms with Crippen LogP contribution in [0.5, 0.6) is 0 Å². The van der Waals surface area contributed by atoms with Crippen molar-refractivity contribution in [2.45, 2.75) is 25.3 Å².